The molecule has 0 saturated carbocycles. The highest BCUT2D eigenvalue weighted by atomic mass is 15.3. The number of likely N-dealkylation sites (N-methyl/N-ethyl adjacent to an activating group) is 1. The van der Waals surface area contributed by atoms with Crippen LogP contribution < -0.4 is 4.90 Å². The van der Waals surface area contributed by atoms with Crippen LogP contribution in [-0.2, 0) is 0 Å². The Labute approximate surface area is 129 Å². The number of hydrogen-bond donors (Lipinski definition) is 0. The van der Waals surface area contributed by atoms with Crippen LogP contribution in [0.15, 0.2) is 24.3 Å². The highest BCUT2D eigenvalue weighted by molar-refractivity contribution is 5.47. The summed E-state index contributed by atoms with van der Waals surface area (Å²) in [5.74, 6) is 0. The Bertz CT molecular complexity index is 426. The van der Waals surface area contributed by atoms with Gasteiger partial charge in [0.2, 0.25) is 0 Å². The molecule has 2 fully saturated rings. The van der Waals surface area contributed by atoms with Crippen LogP contribution in [0.4, 0.5) is 5.69 Å². The van der Waals surface area contributed by atoms with Crippen LogP contribution >= 0.6 is 0 Å². The van der Waals surface area contributed by atoms with Gasteiger partial charge < -0.3 is 9.80 Å². The molecule has 0 N–H and O–H groups in total. The van der Waals surface area contributed by atoms with Gasteiger partial charge in [-0.05, 0) is 38.4 Å². The minimum absolute atomic E-state index is 0.811. The third kappa shape index (κ3) is 3.58. The van der Waals surface area contributed by atoms with E-state index in [9.17, 15) is 0 Å². The molecule has 1 aromatic carbocycles. The van der Waals surface area contributed by atoms with E-state index in [1.807, 2.05) is 0 Å². The van der Waals surface area contributed by atoms with Crippen molar-refractivity contribution in [3.05, 3.63) is 29.8 Å². The van der Waals surface area contributed by atoms with Crippen LogP contribution in [0.5, 0.6) is 0 Å². The van der Waals surface area contributed by atoms with Crippen LogP contribution in [0.2, 0.25) is 0 Å². The van der Waals surface area contributed by atoms with Crippen LogP contribution in [0.1, 0.15) is 25.3 Å². The fourth-order valence-electron chi connectivity index (χ4n) is 3.69. The summed E-state index contributed by atoms with van der Waals surface area (Å²) < 4.78 is 0. The first-order chi connectivity index (χ1) is 10.3. The molecule has 0 aromatic heterocycles. The van der Waals surface area contributed by atoms with E-state index in [1.165, 1.54) is 69.9 Å². The van der Waals surface area contributed by atoms with Gasteiger partial charge in [-0.2, -0.15) is 0 Å². The number of hydrogen-bond acceptors (Lipinski definition) is 3. The van der Waals surface area contributed by atoms with Crippen molar-refractivity contribution in [3.63, 3.8) is 0 Å². The maximum atomic E-state index is 2.73. The van der Waals surface area contributed by atoms with Crippen molar-refractivity contribution in [1.82, 2.24) is 9.80 Å². The number of piperazine rings is 1. The fraction of sp³-hybridized carbons (Fsp3) is 0.667. The third-order valence-corrected chi connectivity index (χ3v) is 5.23. The molecule has 3 rings (SSSR count). The highest BCUT2D eigenvalue weighted by Gasteiger charge is 2.27. The van der Waals surface area contributed by atoms with Gasteiger partial charge in [-0.3, -0.25) is 4.90 Å². The van der Waals surface area contributed by atoms with Crippen molar-refractivity contribution in [3.8, 4) is 0 Å². The lowest BCUT2D eigenvalue weighted by Gasteiger charge is -2.43. The molecule has 0 amide bonds. The molecule has 2 saturated heterocycles. The monoisotopic (exact) mass is 287 g/mol. The van der Waals surface area contributed by atoms with Crippen molar-refractivity contribution in [2.24, 2.45) is 0 Å². The average Bonchev–Trinajstić information content (AvgIpc) is 2.56. The summed E-state index contributed by atoms with van der Waals surface area (Å²) in [7, 11) is 0. The molecule has 1 aromatic rings. The van der Waals surface area contributed by atoms with Crippen molar-refractivity contribution >= 4 is 5.69 Å². The Morgan fingerprint density at radius 3 is 2.10 bits per heavy atom. The lowest BCUT2D eigenvalue weighted by molar-refractivity contribution is 0.0878. The largest absolute Gasteiger partial charge is 0.371 e. The van der Waals surface area contributed by atoms with E-state index in [0.717, 1.165) is 6.04 Å². The molecule has 21 heavy (non-hydrogen) atoms. The molecule has 3 heteroatoms. The highest BCUT2D eigenvalue weighted by Crippen LogP contribution is 2.23. The molecule has 2 heterocycles. The van der Waals surface area contributed by atoms with E-state index in [0.29, 0.717) is 0 Å². The van der Waals surface area contributed by atoms with E-state index in [2.05, 4.69) is 52.8 Å². The molecule has 0 aliphatic carbocycles. The summed E-state index contributed by atoms with van der Waals surface area (Å²) in [6.07, 6.45) is 2.64. The Morgan fingerprint density at radius 1 is 0.905 bits per heavy atom. The summed E-state index contributed by atoms with van der Waals surface area (Å²) in [6.45, 7) is 13.1. The first-order valence-corrected chi connectivity index (χ1v) is 8.54. The average molecular weight is 287 g/mol. The van der Waals surface area contributed by atoms with Crippen LogP contribution in [0.25, 0.3) is 0 Å². The smallest absolute Gasteiger partial charge is 0.0366 e. The molecule has 0 atom stereocenters. The number of nitrogens with zero attached hydrogens (tertiary/aromatic N) is 3. The number of anilines is 1. The Kier molecular flexibility index (Phi) is 4.81. The van der Waals surface area contributed by atoms with Gasteiger partial charge >= 0.3 is 0 Å². The maximum absolute atomic E-state index is 2.73. The van der Waals surface area contributed by atoms with E-state index in [4.69, 9.17) is 0 Å². The third-order valence-electron chi connectivity index (χ3n) is 5.23. The van der Waals surface area contributed by atoms with Crippen molar-refractivity contribution in [2.45, 2.75) is 32.7 Å². The zero-order valence-corrected chi connectivity index (χ0v) is 13.6. The Hall–Kier alpha value is -1.06. The summed E-state index contributed by atoms with van der Waals surface area (Å²) in [4.78, 5) is 7.86. The molecule has 116 valence electrons. The zero-order chi connectivity index (χ0) is 14.7. The van der Waals surface area contributed by atoms with E-state index < -0.39 is 0 Å². The number of aryl methyl sites for hydroxylation is 1. The van der Waals surface area contributed by atoms with E-state index >= 15 is 0 Å². The summed E-state index contributed by atoms with van der Waals surface area (Å²) in [6, 6.07) is 9.81. The SMILES string of the molecule is CCN1CCN(C2CCN(c3ccc(C)cc3)CC2)CC1. The molecule has 0 unspecified atom stereocenters. The fourth-order valence-corrected chi connectivity index (χ4v) is 3.69. The predicted molar refractivity (Wildman–Crippen MR) is 90.1 cm³/mol. The minimum atomic E-state index is 0.811. The second-order valence-corrected chi connectivity index (χ2v) is 6.52. The molecule has 2 aliphatic heterocycles. The maximum Gasteiger partial charge on any atom is 0.0366 e. The first kappa shape index (κ1) is 14.9. The van der Waals surface area contributed by atoms with Crippen molar-refractivity contribution in [1.29, 1.82) is 0 Å². The summed E-state index contributed by atoms with van der Waals surface area (Å²) in [5, 5.41) is 0. The number of piperidine rings is 1. The van der Waals surface area contributed by atoms with E-state index in [-0.39, 0.29) is 0 Å². The number of rotatable bonds is 3. The first-order valence-electron chi connectivity index (χ1n) is 8.54. The van der Waals surface area contributed by atoms with Gasteiger partial charge in [0.1, 0.15) is 0 Å². The van der Waals surface area contributed by atoms with Gasteiger partial charge in [0.15, 0.2) is 0 Å². The summed E-state index contributed by atoms with van der Waals surface area (Å²) >= 11 is 0. The van der Waals surface area contributed by atoms with Crippen LogP contribution in [-0.4, -0.2) is 61.7 Å². The van der Waals surface area contributed by atoms with Gasteiger partial charge in [0.25, 0.3) is 0 Å². The Morgan fingerprint density at radius 2 is 1.52 bits per heavy atom. The molecule has 3 nitrogen and oxygen atoms in total. The lowest BCUT2D eigenvalue weighted by atomic mass is 10.0. The summed E-state index contributed by atoms with van der Waals surface area (Å²) in [5.41, 5.74) is 2.75. The molecule has 0 bridgehead atoms. The molecular formula is C18H29N3. The normalized spacial score (nSPS) is 22.7. The standard InChI is InChI=1S/C18H29N3/c1-3-19-12-14-21(15-13-19)18-8-10-20(11-9-18)17-6-4-16(2)5-7-17/h4-7,18H,3,8-15H2,1-2H3. The minimum Gasteiger partial charge on any atom is -0.371 e. The van der Waals surface area contributed by atoms with Crippen molar-refractivity contribution < 1.29 is 0 Å². The predicted octanol–water partition coefficient (Wildman–Crippen LogP) is 2.60. The molecule has 0 spiro atoms. The van der Waals surface area contributed by atoms with Gasteiger partial charge in [0.05, 0.1) is 0 Å². The number of benzene rings is 1. The van der Waals surface area contributed by atoms with Gasteiger partial charge in [-0.15, -0.1) is 0 Å². The topological polar surface area (TPSA) is 9.72 Å². The molecule has 2 aliphatic rings. The van der Waals surface area contributed by atoms with Gasteiger partial charge in [0, 0.05) is 51.0 Å². The van der Waals surface area contributed by atoms with Gasteiger partial charge in [-0.1, -0.05) is 24.6 Å². The van der Waals surface area contributed by atoms with Gasteiger partial charge in [-0.25, -0.2) is 0 Å². The quantitative estimate of drug-likeness (QED) is 0.846. The van der Waals surface area contributed by atoms with Crippen LogP contribution in [0, 0.1) is 6.92 Å². The van der Waals surface area contributed by atoms with Crippen LogP contribution in [0.3, 0.4) is 0 Å². The zero-order valence-electron chi connectivity index (χ0n) is 13.6. The second kappa shape index (κ2) is 6.80. The Balaban J connectivity index is 1.50. The van der Waals surface area contributed by atoms with E-state index in [1.54, 1.807) is 0 Å². The lowest BCUT2D eigenvalue weighted by Crippen LogP contribution is -2.53. The molecule has 0 radical (unpaired) electrons. The van der Waals surface area contributed by atoms with Crippen molar-refractivity contribution in [2.75, 3.05) is 50.7 Å². The second-order valence-electron chi connectivity index (χ2n) is 6.52. The molecular weight excluding hydrogens is 258 g/mol.